The summed E-state index contributed by atoms with van der Waals surface area (Å²) in [6.45, 7) is 9.46. The number of aliphatic hydroxyl groups excluding tert-OH is 1. The molecule has 0 aliphatic rings. The molecule has 0 saturated carbocycles. The fourth-order valence-electron chi connectivity index (χ4n) is 9.85. The molecule has 0 aliphatic carbocycles. The van der Waals surface area contributed by atoms with Crippen LogP contribution in [0.15, 0.2) is 0 Å². The summed E-state index contributed by atoms with van der Waals surface area (Å²) in [5, 5.41) is 10.5. The first-order valence-electron chi connectivity index (χ1n) is 34.5. The van der Waals surface area contributed by atoms with Gasteiger partial charge in [-0.25, -0.2) is 9.13 Å². The van der Waals surface area contributed by atoms with Gasteiger partial charge in [-0.15, -0.1) is 0 Å². The maximum Gasteiger partial charge on any atom is 0.472 e. The number of carbonyl (C=O) groups is 4. The van der Waals surface area contributed by atoms with E-state index < -0.39 is 97.5 Å². The molecule has 0 saturated heterocycles. The molecule has 0 aromatic carbocycles. The van der Waals surface area contributed by atoms with Gasteiger partial charge in [-0.3, -0.25) is 37.3 Å². The molecule has 19 heteroatoms. The van der Waals surface area contributed by atoms with E-state index in [0.29, 0.717) is 25.7 Å². The minimum atomic E-state index is -4.95. The first kappa shape index (κ1) is 83.1. The molecule has 0 aromatic rings. The number of ether oxygens (including phenoxy) is 4. The Labute approximate surface area is 517 Å². The highest BCUT2D eigenvalue weighted by atomic mass is 31.2. The van der Waals surface area contributed by atoms with Crippen LogP contribution in [-0.2, 0) is 65.4 Å². The summed E-state index contributed by atoms with van der Waals surface area (Å²) in [5.74, 6) is -0.545. The number of phosphoric acid groups is 2. The lowest BCUT2D eigenvalue weighted by atomic mass is 9.99. The smallest absolute Gasteiger partial charge is 0.462 e. The summed E-state index contributed by atoms with van der Waals surface area (Å²) in [4.78, 5) is 72.1. The normalized spacial score (nSPS) is 14.6. The number of esters is 4. The number of phosphoric ester groups is 2. The number of hydrogen-bond acceptors (Lipinski definition) is 15. The number of rotatable bonds is 65. The van der Waals surface area contributed by atoms with E-state index in [1.807, 2.05) is 0 Å². The van der Waals surface area contributed by atoms with E-state index in [9.17, 15) is 43.2 Å². The van der Waals surface area contributed by atoms with Gasteiger partial charge in [0.25, 0.3) is 0 Å². The van der Waals surface area contributed by atoms with Crippen molar-refractivity contribution in [2.45, 2.75) is 349 Å². The van der Waals surface area contributed by atoms with E-state index in [1.54, 1.807) is 0 Å². The zero-order valence-corrected chi connectivity index (χ0v) is 56.7. The minimum Gasteiger partial charge on any atom is -0.462 e. The van der Waals surface area contributed by atoms with Gasteiger partial charge in [-0.1, -0.05) is 279 Å². The fraction of sp³-hybridized carbons (Fsp3) is 0.939. The molecule has 504 valence electrons. The molecule has 0 spiro atoms. The van der Waals surface area contributed by atoms with Gasteiger partial charge < -0.3 is 33.8 Å². The zero-order chi connectivity index (χ0) is 62.9. The monoisotopic (exact) mass is 1250 g/mol. The average molecular weight is 1260 g/mol. The van der Waals surface area contributed by atoms with Gasteiger partial charge in [0.05, 0.1) is 26.4 Å². The third-order valence-corrected chi connectivity index (χ3v) is 17.5. The fourth-order valence-corrected chi connectivity index (χ4v) is 11.4. The third-order valence-electron chi connectivity index (χ3n) is 15.6. The highest BCUT2D eigenvalue weighted by Crippen LogP contribution is 2.45. The first-order chi connectivity index (χ1) is 40.9. The Morgan fingerprint density at radius 1 is 0.341 bits per heavy atom. The first-order valence-corrected chi connectivity index (χ1v) is 37.5. The van der Waals surface area contributed by atoms with Gasteiger partial charge in [0, 0.05) is 25.7 Å². The minimum absolute atomic E-state index is 0.105. The summed E-state index contributed by atoms with van der Waals surface area (Å²) < 4.78 is 67.9. The van der Waals surface area contributed by atoms with E-state index >= 15 is 0 Å². The molecule has 0 bridgehead atoms. The number of aliphatic hydroxyl groups is 1. The van der Waals surface area contributed by atoms with Crippen molar-refractivity contribution < 1.29 is 80.2 Å². The van der Waals surface area contributed by atoms with Gasteiger partial charge in [0.15, 0.2) is 12.2 Å². The third kappa shape index (κ3) is 59.5. The van der Waals surface area contributed by atoms with E-state index in [2.05, 4.69) is 41.5 Å². The van der Waals surface area contributed by atoms with Crippen LogP contribution in [-0.4, -0.2) is 96.7 Å². The SMILES string of the molecule is CCCCCCCCCCCCC(=O)O[C@H](COC(=O)CCCCCCC)COP(=O)(O)OC[C@H](O)COP(=O)(O)OC[C@@H](COC(=O)CCCCCCCCCCCCC(C)CC)OC(=O)CCCCCCCCCCCCCCCC(C)C. The number of carbonyl (C=O) groups excluding carboxylic acids is 4. The van der Waals surface area contributed by atoms with Crippen LogP contribution in [0, 0.1) is 11.8 Å². The second-order valence-corrected chi connectivity index (χ2v) is 27.5. The highest BCUT2D eigenvalue weighted by Gasteiger charge is 2.30. The van der Waals surface area contributed by atoms with E-state index in [-0.39, 0.29) is 25.7 Å². The molecular weight excluding hydrogens is 1130 g/mol. The van der Waals surface area contributed by atoms with Crippen molar-refractivity contribution in [3.63, 3.8) is 0 Å². The van der Waals surface area contributed by atoms with Gasteiger partial charge >= 0.3 is 39.5 Å². The molecule has 85 heavy (non-hydrogen) atoms. The van der Waals surface area contributed by atoms with Gasteiger partial charge in [0.1, 0.15) is 19.3 Å². The maximum absolute atomic E-state index is 13.0. The van der Waals surface area contributed by atoms with Gasteiger partial charge in [-0.05, 0) is 37.5 Å². The molecule has 17 nitrogen and oxygen atoms in total. The molecule has 0 aromatic heterocycles. The van der Waals surface area contributed by atoms with E-state index in [1.165, 1.54) is 141 Å². The molecule has 0 rings (SSSR count). The molecule has 0 amide bonds. The van der Waals surface area contributed by atoms with Crippen molar-refractivity contribution in [2.75, 3.05) is 39.6 Å². The van der Waals surface area contributed by atoms with Crippen molar-refractivity contribution in [1.29, 1.82) is 0 Å². The molecule has 0 aliphatic heterocycles. The van der Waals surface area contributed by atoms with Gasteiger partial charge in [0.2, 0.25) is 0 Å². The van der Waals surface area contributed by atoms with Crippen LogP contribution < -0.4 is 0 Å². The van der Waals surface area contributed by atoms with Crippen molar-refractivity contribution in [2.24, 2.45) is 11.8 Å². The molecular formula is C66H128O17P2. The van der Waals surface area contributed by atoms with E-state index in [4.69, 9.17) is 37.0 Å². The predicted octanol–water partition coefficient (Wildman–Crippen LogP) is 18.4. The summed E-state index contributed by atoms with van der Waals surface area (Å²) in [6, 6.07) is 0. The van der Waals surface area contributed by atoms with Crippen molar-refractivity contribution >= 4 is 39.5 Å². The maximum atomic E-state index is 13.0. The Balaban J connectivity index is 5.17. The predicted molar refractivity (Wildman–Crippen MR) is 340 cm³/mol. The lowest BCUT2D eigenvalue weighted by Gasteiger charge is -2.21. The van der Waals surface area contributed by atoms with Crippen LogP contribution in [0.4, 0.5) is 0 Å². The van der Waals surface area contributed by atoms with Crippen LogP contribution in [0.2, 0.25) is 0 Å². The van der Waals surface area contributed by atoms with Crippen molar-refractivity contribution in [1.82, 2.24) is 0 Å². The quantitative estimate of drug-likeness (QED) is 0.0222. The summed E-state index contributed by atoms with van der Waals surface area (Å²) in [6.07, 6.45) is 41.9. The lowest BCUT2D eigenvalue weighted by Crippen LogP contribution is -2.30. The average Bonchev–Trinajstić information content (AvgIpc) is 3.57. The molecule has 0 radical (unpaired) electrons. The van der Waals surface area contributed by atoms with Crippen molar-refractivity contribution in [3.05, 3.63) is 0 Å². The molecule has 6 atom stereocenters. The number of hydrogen-bond donors (Lipinski definition) is 3. The highest BCUT2D eigenvalue weighted by molar-refractivity contribution is 7.47. The second-order valence-electron chi connectivity index (χ2n) is 24.6. The Morgan fingerprint density at radius 3 is 0.894 bits per heavy atom. The van der Waals surface area contributed by atoms with Crippen LogP contribution in [0.1, 0.15) is 330 Å². The van der Waals surface area contributed by atoms with E-state index in [0.717, 1.165) is 108 Å². The molecule has 0 fully saturated rings. The van der Waals surface area contributed by atoms with Crippen LogP contribution >= 0.6 is 15.6 Å². The topological polar surface area (TPSA) is 237 Å². The molecule has 3 N–H and O–H groups in total. The van der Waals surface area contributed by atoms with Crippen LogP contribution in [0.3, 0.4) is 0 Å². The molecule has 3 unspecified atom stereocenters. The summed E-state index contributed by atoms with van der Waals surface area (Å²) >= 11 is 0. The number of unbranched alkanes of at least 4 members (excludes halogenated alkanes) is 34. The van der Waals surface area contributed by atoms with Crippen LogP contribution in [0.5, 0.6) is 0 Å². The zero-order valence-electron chi connectivity index (χ0n) is 54.9. The van der Waals surface area contributed by atoms with Crippen LogP contribution in [0.25, 0.3) is 0 Å². The lowest BCUT2D eigenvalue weighted by molar-refractivity contribution is -0.161. The Kier molecular flexibility index (Phi) is 57.1. The molecule has 0 heterocycles. The summed E-state index contributed by atoms with van der Waals surface area (Å²) in [7, 11) is -9.88. The standard InChI is InChI=1S/C66H128O17P2/c1-7-10-12-14-15-16-26-32-38-44-50-65(70)82-61(54-76-63(68)48-42-34-13-11-8-2)56-80-84(72,73)78-52-60(67)53-79-85(74,75)81-57-62(55-77-64(69)49-43-37-31-27-23-22-25-30-36-41-47-59(6)9-3)83-66(71)51-45-39-33-28-21-19-17-18-20-24-29-35-40-46-58(4)5/h58-62,67H,7-57H2,1-6H3,(H,72,73)(H,74,75)/t59?,60-,61+,62+/m0/s1. The van der Waals surface area contributed by atoms with Gasteiger partial charge in [-0.2, -0.15) is 0 Å². The second kappa shape index (κ2) is 58.4. The largest absolute Gasteiger partial charge is 0.472 e. The Bertz CT molecular complexity index is 1670. The summed E-state index contributed by atoms with van der Waals surface area (Å²) in [5.41, 5.74) is 0. The van der Waals surface area contributed by atoms with Crippen molar-refractivity contribution in [3.8, 4) is 0 Å². The Hall–Kier alpha value is -1.94. The Morgan fingerprint density at radius 2 is 0.600 bits per heavy atom.